The Morgan fingerprint density at radius 2 is 1.63 bits per heavy atom. The average molecular weight is 434 g/mol. The fourth-order valence-corrected chi connectivity index (χ4v) is 4.80. The number of benzene rings is 2. The first-order chi connectivity index (χ1) is 14.4. The molecule has 0 unspecified atom stereocenters. The van der Waals surface area contributed by atoms with Crippen LogP contribution in [-0.2, 0) is 19.5 Å². The number of nitrogens with one attached hydrogen (secondary N) is 1. The van der Waals surface area contributed by atoms with Crippen molar-refractivity contribution in [3.05, 3.63) is 59.9 Å². The molecule has 0 aliphatic carbocycles. The van der Waals surface area contributed by atoms with Crippen molar-refractivity contribution < 1.29 is 27.1 Å². The Kier molecular flexibility index (Phi) is 6.03. The van der Waals surface area contributed by atoms with Gasteiger partial charge in [0.2, 0.25) is 0 Å². The molecule has 2 heterocycles. The normalized spacial score (nSPS) is 18.5. The van der Waals surface area contributed by atoms with E-state index in [9.17, 15) is 17.6 Å². The first-order valence-corrected chi connectivity index (χ1v) is 11.3. The van der Waals surface area contributed by atoms with E-state index in [0.717, 1.165) is 12.8 Å². The molecule has 30 heavy (non-hydrogen) atoms. The van der Waals surface area contributed by atoms with Gasteiger partial charge in [-0.3, -0.25) is 9.52 Å². The van der Waals surface area contributed by atoms with Gasteiger partial charge in [-0.2, -0.15) is 0 Å². The van der Waals surface area contributed by atoms with Crippen LogP contribution in [0.15, 0.2) is 53.4 Å². The Morgan fingerprint density at radius 1 is 1.00 bits per heavy atom. The summed E-state index contributed by atoms with van der Waals surface area (Å²) >= 11 is 0. The van der Waals surface area contributed by atoms with Gasteiger partial charge in [-0.1, -0.05) is 12.1 Å². The standard InChI is InChI=1S/C21H23FN2O5S/c22-18-3-1-2-4-19(18)23-30(26,27)17-7-5-15(6-8-17)20(25)24-11-9-16(10-12-24)21-28-13-14-29-21/h1-8,16,21,23H,9-14H2. The number of likely N-dealkylation sites (tertiary alicyclic amines) is 1. The topological polar surface area (TPSA) is 84.9 Å². The maximum Gasteiger partial charge on any atom is 0.261 e. The van der Waals surface area contributed by atoms with Gasteiger partial charge in [0.25, 0.3) is 15.9 Å². The minimum atomic E-state index is -3.96. The molecule has 0 spiro atoms. The number of ether oxygens (including phenoxy) is 2. The molecule has 1 amide bonds. The van der Waals surface area contributed by atoms with Gasteiger partial charge in [-0.05, 0) is 49.2 Å². The van der Waals surface area contributed by atoms with Crippen LogP contribution in [0.2, 0.25) is 0 Å². The van der Waals surface area contributed by atoms with Crippen molar-refractivity contribution in [2.24, 2.45) is 5.92 Å². The van der Waals surface area contributed by atoms with E-state index in [1.165, 1.54) is 48.5 Å². The van der Waals surface area contributed by atoms with Crippen molar-refractivity contribution in [2.45, 2.75) is 24.0 Å². The van der Waals surface area contributed by atoms with Crippen LogP contribution >= 0.6 is 0 Å². The molecule has 9 heteroatoms. The summed E-state index contributed by atoms with van der Waals surface area (Å²) in [5.74, 6) is -0.522. The fourth-order valence-electron chi connectivity index (χ4n) is 3.73. The molecule has 2 aliphatic heterocycles. The number of rotatable bonds is 5. The number of halogens is 1. The SMILES string of the molecule is O=C(c1ccc(S(=O)(=O)Nc2ccccc2F)cc1)N1CCC(C2OCCO2)CC1. The highest BCUT2D eigenvalue weighted by molar-refractivity contribution is 7.92. The third-order valence-corrected chi connectivity index (χ3v) is 6.77. The van der Waals surface area contributed by atoms with Crippen molar-refractivity contribution in [1.82, 2.24) is 4.90 Å². The van der Waals surface area contributed by atoms with Crippen LogP contribution in [0.5, 0.6) is 0 Å². The monoisotopic (exact) mass is 434 g/mol. The van der Waals surface area contributed by atoms with Gasteiger partial charge in [0, 0.05) is 24.6 Å². The van der Waals surface area contributed by atoms with E-state index >= 15 is 0 Å². The number of nitrogens with zero attached hydrogens (tertiary/aromatic N) is 1. The Balaban J connectivity index is 1.39. The first kappa shape index (κ1) is 20.8. The van der Waals surface area contributed by atoms with Crippen molar-refractivity contribution in [1.29, 1.82) is 0 Å². The minimum absolute atomic E-state index is 0.0449. The van der Waals surface area contributed by atoms with Gasteiger partial charge in [0.15, 0.2) is 6.29 Å². The molecule has 0 radical (unpaired) electrons. The third kappa shape index (κ3) is 4.48. The molecule has 2 aromatic carbocycles. The van der Waals surface area contributed by atoms with Gasteiger partial charge in [-0.15, -0.1) is 0 Å². The Morgan fingerprint density at radius 3 is 2.27 bits per heavy atom. The smallest absolute Gasteiger partial charge is 0.261 e. The molecule has 2 fully saturated rings. The van der Waals surface area contributed by atoms with Gasteiger partial charge < -0.3 is 14.4 Å². The number of hydrogen-bond donors (Lipinski definition) is 1. The number of carbonyl (C=O) groups is 1. The van der Waals surface area contributed by atoms with Gasteiger partial charge in [-0.25, -0.2) is 12.8 Å². The second-order valence-corrected chi connectivity index (χ2v) is 9.03. The molecule has 160 valence electrons. The lowest BCUT2D eigenvalue weighted by molar-refractivity contribution is -0.0956. The van der Waals surface area contributed by atoms with Crippen molar-refractivity contribution in [3.63, 3.8) is 0 Å². The van der Waals surface area contributed by atoms with E-state index in [1.807, 2.05) is 0 Å². The second-order valence-electron chi connectivity index (χ2n) is 7.35. The highest BCUT2D eigenvalue weighted by atomic mass is 32.2. The van der Waals surface area contributed by atoms with Crippen LogP contribution in [0, 0.1) is 11.7 Å². The van der Waals surface area contributed by atoms with Crippen LogP contribution in [0.3, 0.4) is 0 Å². The van der Waals surface area contributed by atoms with Crippen LogP contribution < -0.4 is 4.72 Å². The molecule has 2 aliphatic rings. The Bertz CT molecular complexity index is 998. The fraction of sp³-hybridized carbons (Fsp3) is 0.381. The zero-order chi connectivity index (χ0) is 21.1. The number of para-hydroxylation sites is 1. The summed E-state index contributed by atoms with van der Waals surface area (Å²) in [5, 5.41) is 0. The van der Waals surface area contributed by atoms with E-state index < -0.39 is 15.8 Å². The molecule has 0 aromatic heterocycles. The Hall–Kier alpha value is -2.49. The maximum absolute atomic E-state index is 13.7. The van der Waals surface area contributed by atoms with E-state index in [-0.39, 0.29) is 28.7 Å². The van der Waals surface area contributed by atoms with Crippen molar-refractivity contribution in [2.75, 3.05) is 31.0 Å². The highest BCUT2D eigenvalue weighted by Gasteiger charge is 2.32. The molecule has 0 bridgehead atoms. The summed E-state index contributed by atoms with van der Waals surface area (Å²) in [4.78, 5) is 14.5. The summed E-state index contributed by atoms with van der Waals surface area (Å²) in [5.41, 5.74) is 0.280. The van der Waals surface area contributed by atoms with Crippen LogP contribution in [0.1, 0.15) is 23.2 Å². The summed E-state index contributed by atoms with van der Waals surface area (Å²) in [7, 11) is -3.96. The summed E-state index contributed by atoms with van der Waals surface area (Å²) in [6.45, 7) is 2.43. The predicted molar refractivity (Wildman–Crippen MR) is 108 cm³/mol. The van der Waals surface area contributed by atoms with Crippen LogP contribution in [0.4, 0.5) is 10.1 Å². The predicted octanol–water partition coefficient (Wildman–Crippen LogP) is 2.85. The summed E-state index contributed by atoms with van der Waals surface area (Å²) in [6.07, 6.45) is 1.43. The van der Waals surface area contributed by atoms with E-state index in [0.29, 0.717) is 31.9 Å². The average Bonchev–Trinajstić information content (AvgIpc) is 3.30. The number of carbonyl (C=O) groups excluding carboxylic acids is 1. The molecule has 2 aromatic rings. The molecule has 7 nitrogen and oxygen atoms in total. The van der Waals surface area contributed by atoms with Crippen LogP contribution in [-0.4, -0.2) is 51.8 Å². The van der Waals surface area contributed by atoms with Crippen molar-refractivity contribution >= 4 is 21.6 Å². The number of amides is 1. The lowest BCUT2D eigenvalue weighted by Gasteiger charge is -2.33. The molecule has 2 saturated heterocycles. The van der Waals surface area contributed by atoms with E-state index in [2.05, 4.69) is 4.72 Å². The van der Waals surface area contributed by atoms with Gasteiger partial charge >= 0.3 is 0 Å². The quantitative estimate of drug-likeness (QED) is 0.782. The second kappa shape index (κ2) is 8.71. The third-order valence-electron chi connectivity index (χ3n) is 5.39. The van der Waals surface area contributed by atoms with Gasteiger partial charge in [0.05, 0.1) is 23.8 Å². The highest BCUT2D eigenvalue weighted by Crippen LogP contribution is 2.27. The lowest BCUT2D eigenvalue weighted by atomic mass is 9.95. The molecule has 0 atom stereocenters. The first-order valence-electron chi connectivity index (χ1n) is 9.84. The molecular weight excluding hydrogens is 411 g/mol. The zero-order valence-electron chi connectivity index (χ0n) is 16.3. The number of sulfonamides is 1. The lowest BCUT2D eigenvalue weighted by Crippen LogP contribution is -2.41. The number of piperidine rings is 1. The summed E-state index contributed by atoms with van der Waals surface area (Å²) in [6, 6.07) is 11.2. The van der Waals surface area contributed by atoms with E-state index in [1.54, 1.807) is 4.90 Å². The van der Waals surface area contributed by atoms with E-state index in [4.69, 9.17) is 9.47 Å². The van der Waals surface area contributed by atoms with Crippen molar-refractivity contribution in [3.8, 4) is 0 Å². The number of hydrogen-bond acceptors (Lipinski definition) is 5. The largest absolute Gasteiger partial charge is 0.350 e. The zero-order valence-corrected chi connectivity index (χ0v) is 17.1. The molecule has 0 saturated carbocycles. The number of anilines is 1. The summed E-state index contributed by atoms with van der Waals surface area (Å²) < 4.78 is 52.1. The maximum atomic E-state index is 13.7. The van der Waals surface area contributed by atoms with Crippen LogP contribution in [0.25, 0.3) is 0 Å². The van der Waals surface area contributed by atoms with Gasteiger partial charge in [0.1, 0.15) is 5.82 Å². The Labute approximate surface area is 174 Å². The molecule has 4 rings (SSSR count). The minimum Gasteiger partial charge on any atom is -0.350 e. The molecular formula is C21H23FN2O5S. The molecule has 1 N–H and O–H groups in total.